The second-order valence-corrected chi connectivity index (χ2v) is 10.7. The number of nitrogens with zero attached hydrogens (tertiary/aromatic N) is 2. The maximum atomic E-state index is 14.1. The van der Waals surface area contributed by atoms with Crippen molar-refractivity contribution in [3.63, 3.8) is 0 Å². The molecular formula is C28H23F2N5O2S2. The molecule has 1 atom stereocenters. The van der Waals surface area contributed by atoms with Gasteiger partial charge in [0.2, 0.25) is 5.88 Å². The van der Waals surface area contributed by atoms with Crippen LogP contribution in [0.1, 0.15) is 0 Å². The Balaban J connectivity index is 1.49. The van der Waals surface area contributed by atoms with Crippen molar-refractivity contribution in [2.75, 3.05) is 24.6 Å². The van der Waals surface area contributed by atoms with Crippen molar-refractivity contribution < 1.29 is 17.7 Å². The Bertz CT molecular complexity index is 1720. The Labute approximate surface area is 230 Å². The van der Waals surface area contributed by atoms with Crippen LogP contribution in [0.15, 0.2) is 88.8 Å². The van der Waals surface area contributed by atoms with Crippen LogP contribution in [0, 0.1) is 11.6 Å². The first-order valence-electron chi connectivity index (χ1n) is 11.7. The number of rotatable bonds is 8. The highest BCUT2D eigenvalue weighted by molar-refractivity contribution is 8.00. The molecule has 2 heterocycles. The second kappa shape index (κ2) is 11.4. The summed E-state index contributed by atoms with van der Waals surface area (Å²) in [4.78, 5) is 9.83. The lowest BCUT2D eigenvalue weighted by Gasteiger charge is -2.13. The Kier molecular flexibility index (Phi) is 7.73. The summed E-state index contributed by atoms with van der Waals surface area (Å²) in [6, 6.07) is 20.2. The number of anilines is 2. The first-order valence-corrected chi connectivity index (χ1v) is 13.6. The smallest absolute Gasteiger partial charge is 0.237 e. The van der Waals surface area contributed by atoms with Crippen molar-refractivity contribution in [2.24, 2.45) is 0 Å². The minimum absolute atomic E-state index is 0.230. The molecule has 2 aromatic heterocycles. The predicted octanol–water partition coefficient (Wildman–Crippen LogP) is 6.19. The third-order valence-electron chi connectivity index (χ3n) is 5.93. The van der Waals surface area contributed by atoms with E-state index < -0.39 is 22.6 Å². The molecular weight excluding hydrogens is 540 g/mol. The minimum Gasteiger partial charge on any atom is -0.480 e. The summed E-state index contributed by atoms with van der Waals surface area (Å²) in [5, 5.41) is 0.852. The summed E-state index contributed by atoms with van der Waals surface area (Å²) < 4.78 is 50.8. The molecule has 3 aromatic carbocycles. The largest absolute Gasteiger partial charge is 0.480 e. The molecule has 0 aliphatic carbocycles. The molecule has 5 rings (SSSR count). The molecule has 11 heteroatoms. The van der Waals surface area contributed by atoms with Crippen LogP contribution in [0.25, 0.3) is 33.2 Å². The van der Waals surface area contributed by atoms with Crippen LogP contribution in [-0.2, 0) is 11.0 Å². The fourth-order valence-electron chi connectivity index (χ4n) is 4.01. The molecule has 0 radical (unpaired) electrons. The van der Waals surface area contributed by atoms with E-state index in [9.17, 15) is 13.0 Å². The highest BCUT2D eigenvalue weighted by Crippen LogP contribution is 2.35. The maximum Gasteiger partial charge on any atom is 0.237 e. The van der Waals surface area contributed by atoms with Gasteiger partial charge in [-0.15, -0.1) is 0 Å². The summed E-state index contributed by atoms with van der Waals surface area (Å²) in [5.74, 6) is -0.625. The van der Waals surface area contributed by atoms with Crippen molar-refractivity contribution in [1.29, 1.82) is 0 Å². The number of fused-ring (bicyclic) bond motifs is 1. The SMILES string of the molecule is CNS(=O)c1cccc(-c2cc3cc(-c4cnc(OC)c(NSc5ccc(F)cc5F)c4)ccc3nc2N)c1. The molecule has 0 fully saturated rings. The van der Waals surface area contributed by atoms with Crippen molar-refractivity contribution in [1.82, 2.24) is 14.7 Å². The number of methoxy groups -OCH3 is 1. The molecule has 39 heavy (non-hydrogen) atoms. The van der Waals surface area contributed by atoms with Gasteiger partial charge in [-0.2, -0.15) is 0 Å². The van der Waals surface area contributed by atoms with Gasteiger partial charge >= 0.3 is 0 Å². The lowest BCUT2D eigenvalue weighted by atomic mass is 10.0. The van der Waals surface area contributed by atoms with E-state index in [2.05, 4.69) is 19.4 Å². The van der Waals surface area contributed by atoms with Gasteiger partial charge in [-0.05, 0) is 78.7 Å². The molecule has 0 aliphatic rings. The molecule has 7 nitrogen and oxygen atoms in total. The predicted molar refractivity (Wildman–Crippen MR) is 153 cm³/mol. The number of hydrogen-bond donors (Lipinski definition) is 3. The third-order valence-corrected chi connectivity index (χ3v) is 7.86. The van der Waals surface area contributed by atoms with Crippen LogP contribution >= 0.6 is 11.9 Å². The number of pyridine rings is 2. The molecule has 5 aromatic rings. The topological polar surface area (TPSA) is 102 Å². The van der Waals surface area contributed by atoms with E-state index in [1.54, 1.807) is 19.3 Å². The summed E-state index contributed by atoms with van der Waals surface area (Å²) in [6.07, 6.45) is 1.68. The van der Waals surface area contributed by atoms with Crippen molar-refractivity contribution in [3.8, 4) is 28.1 Å². The lowest BCUT2D eigenvalue weighted by Crippen LogP contribution is -2.10. The number of ether oxygens (including phenoxy) is 1. The molecule has 0 spiro atoms. The molecule has 198 valence electrons. The number of hydrogen-bond acceptors (Lipinski definition) is 7. The molecule has 0 saturated carbocycles. The Morgan fingerprint density at radius 1 is 0.974 bits per heavy atom. The number of halogens is 2. The molecule has 1 unspecified atom stereocenters. The van der Waals surface area contributed by atoms with Crippen LogP contribution in [-0.4, -0.2) is 28.3 Å². The number of nitrogens with two attached hydrogens (primary N) is 1. The Hall–Kier alpha value is -4.06. The zero-order chi connectivity index (χ0) is 27.5. The van der Waals surface area contributed by atoms with E-state index in [0.717, 1.165) is 51.2 Å². The average Bonchev–Trinajstić information content (AvgIpc) is 2.95. The van der Waals surface area contributed by atoms with Crippen molar-refractivity contribution in [3.05, 3.63) is 90.6 Å². The van der Waals surface area contributed by atoms with Crippen LogP contribution < -0.4 is 19.9 Å². The van der Waals surface area contributed by atoms with Gasteiger partial charge in [0, 0.05) is 28.8 Å². The zero-order valence-electron chi connectivity index (χ0n) is 20.9. The normalized spacial score (nSPS) is 11.9. The Morgan fingerprint density at radius 3 is 2.59 bits per heavy atom. The van der Waals surface area contributed by atoms with Gasteiger partial charge in [0.1, 0.15) is 34.1 Å². The van der Waals surface area contributed by atoms with Crippen molar-refractivity contribution >= 4 is 45.3 Å². The van der Waals surface area contributed by atoms with E-state index in [0.29, 0.717) is 22.3 Å². The van der Waals surface area contributed by atoms with Gasteiger partial charge in [0.25, 0.3) is 0 Å². The van der Waals surface area contributed by atoms with E-state index in [4.69, 9.17) is 10.5 Å². The van der Waals surface area contributed by atoms with Crippen LogP contribution in [0.5, 0.6) is 5.88 Å². The minimum atomic E-state index is -1.33. The molecule has 0 saturated heterocycles. The fourth-order valence-corrected chi connectivity index (χ4v) is 5.34. The van der Waals surface area contributed by atoms with E-state index in [-0.39, 0.29) is 4.90 Å². The average molecular weight is 564 g/mol. The monoisotopic (exact) mass is 563 g/mol. The fraction of sp³-hybridized carbons (Fsp3) is 0.0714. The molecule has 0 bridgehead atoms. The first kappa shape index (κ1) is 26.5. The lowest BCUT2D eigenvalue weighted by molar-refractivity contribution is 0.400. The zero-order valence-corrected chi connectivity index (χ0v) is 22.5. The Morgan fingerprint density at radius 2 is 1.82 bits per heavy atom. The highest BCUT2D eigenvalue weighted by Gasteiger charge is 2.13. The van der Waals surface area contributed by atoms with E-state index >= 15 is 0 Å². The molecule has 0 amide bonds. The second-order valence-electron chi connectivity index (χ2n) is 8.39. The first-order chi connectivity index (χ1) is 18.9. The van der Waals surface area contributed by atoms with Gasteiger partial charge in [-0.1, -0.05) is 18.2 Å². The van der Waals surface area contributed by atoms with Gasteiger partial charge in [-0.3, -0.25) is 0 Å². The van der Waals surface area contributed by atoms with Crippen LogP contribution in [0.4, 0.5) is 20.3 Å². The van der Waals surface area contributed by atoms with Gasteiger partial charge < -0.3 is 15.2 Å². The van der Waals surface area contributed by atoms with Crippen LogP contribution in [0.2, 0.25) is 0 Å². The van der Waals surface area contributed by atoms with E-state index in [1.807, 2.05) is 48.5 Å². The quantitative estimate of drug-likeness (QED) is 0.193. The van der Waals surface area contributed by atoms with Gasteiger partial charge in [0.15, 0.2) is 0 Å². The van der Waals surface area contributed by atoms with Crippen molar-refractivity contribution in [2.45, 2.75) is 9.79 Å². The molecule has 0 aliphatic heterocycles. The van der Waals surface area contributed by atoms with Gasteiger partial charge in [0.05, 0.1) is 22.4 Å². The standard InChI is InChI=1S/C28H23F2N5O2S2/c1-32-39(36)21-5-3-4-17(11-21)22-12-18-10-16(6-8-24(18)34-27(22)31)19-13-25(28(37-2)33-15-19)35-38-26-9-7-20(29)14-23(26)30/h3-15,32,35H,1-2H3,(H2,31,34). The van der Waals surface area contributed by atoms with Crippen LogP contribution in [0.3, 0.4) is 0 Å². The number of nitrogens with one attached hydrogen (secondary N) is 2. The summed E-state index contributed by atoms with van der Waals surface area (Å²) in [5.41, 5.74) is 10.7. The maximum absolute atomic E-state index is 14.1. The summed E-state index contributed by atoms with van der Waals surface area (Å²) >= 11 is 0.989. The number of benzene rings is 3. The summed E-state index contributed by atoms with van der Waals surface area (Å²) in [7, 11) is 1.79. The molecule has 4 N–H and O–H groups in total. The third kappa shape index (κ3) is 5.70. The highest BCUT2D eigenvalue weighted by atomic mass is 32.2. The number of nitrogen functional groups attached to an aromatic ring is 1. The summed E-state index contributed by atoms with van der Waals surface area (Å²) in [6.45, 7) is 0. The van der Waals surface area contributed by atoms with Gasteiger partial charge in [-0.25, -0.2) is 27.7 Å². The van der Waals surface area contributed by atoms with E-state index in [1.165, 1.54) is 19.2 Å². The number of aromatic nitrogens is 2.